The third-order valence-electron chi connectivity index (χ3n) is 4.90. The zero-order valence-corrected chi connectivity index (χ0v) is 17.2. The van der Waals surface area contributed by atoms with Crippen LogP contribution in [-0.2, 0) is 11.4 Å². The highest BCUT2D eigenvalue weighted by molar-refractivity contribution is 6.32. The van der Waals surface area contributed by atoms with Gasteiger partial charge in [-0.25, -0.2) is 4.39 Å². The van der Waals surface area contributed by atoms with Gasteiger partial charge in [-0.2, -0.15) is 10.1 Å². The van der Waals surface area contributed by atoms with Gasteiger partial charge in [0.2, 0.25) is 0 Å². The Bertz CT molecular complexity index is 1170. The molecule has 1 aliphatic heterocycles. The molecule has 4 rings (SSSR count). The lowest BCUT2D eigenvalue weighted by Crippen LogP contribution is -2.21. The van der Waals surface area contributed by atoms with Crippen molar-refractivity contribution in [1.82, 2.24) is 0 Å². The molecule has 6 heteroatoms. The number of methoxy groups -OCH3 is 1. The van der Waals surface area contributed by atoms with Crippen LogP contribution in [0.5, 0.6) is 11.5 Å². The molecule has 0 radical (unpaired) electrons. The van der Waals surface area contributed by atoms with E-state index in [-0.39, 0.29) is 18.3 Å². The van der Waals surface area contributed by atoms with Gasteiger partial charge in [-0.1, -0.05) is 42.5 Å². The van der Waals surface area contributed by atoms with Crippen LogP contribution in [-0.4, -0.2) is 18.7 Å². The molecule has 0 unspecified atom stereocenters. The van der Waals surface area contributed by atoms with Crippen LogP contribution in [0.4, 0.5) is 10.1 Å². The first-order valence-corrected chi connectivity index (χ1v) is 9.78. The Balaban J connectivity index is 1.55. The number of para-hydroxylation sites is 1. The Labute approximate surface area is 180 Å². The van der Waals surface area contributed by atoms with Gasteiger partial charge in [0.05, 0.1) is 24.1 Å². The topological polar surface area (TPSA) is 51.1 Å². The maximum Gasteiger partial charge on any atom is 0.280 e. The molecule has 0 aliphatic carbocycles. The molecule has 0 N–H and O–H groups in total. The van der Waals surface area contributed by atoms with Gasteiger partial charge in [-0.3, -0.25) is 4.79 Å². The largest absolute Gasteiger partial charge is 0.493 e. The number of halogens is 1. The summed E-state index contributed by atoms with van der Waals surface area (Å²) in [5.41, 5.74) is 3.08. The standard InChI is InChI=1S/C25H21FN2O3/c1-17-21(25(29)28(27-17)20-9-4-3-5-10-20)14-18-12-13-23(24(15-18)30-2)31-16-19-8-6-7-11-22(19)26/h3-15H,16H2,1-2H3. The van der Waals surface area contributed by atoms with E-state index in [9.17, 15) is 9.18 Å². The third kappa shape index (κ3) is 4.33. The van der Waals surface area contributed by atoms with Crippen LogP contribution in [0.2, 0.25) is 0 Å². The molecule has 0 spiro atoms. The van der Waals surface area contributed by atoms with Crippen molar-refractivity contribution < 1.29 is 18.7 Å². The summed E-state index contributed by atoms with van der Waals surface area (Å²) in [6.45, 7) is 1.88. The molecule has 31 heavy (non-hydrogen) atoms. The molecule has 3 aromatic rings. The number of benzene rings is 3. The number of carbonyl (C=O) groups excluding carboxylic acids is 1. The van der Waals surface area contributed by atoms with E-state index in [0.29, 0.717) is 34.0 Å². The summed E-state index contributed by atoms with van der Waals surface area (Å²) in [6, 6.07) is 21.1. The summed E-state index contributed by atoms with van der Waals surface area (Å²) >= 11 is 0. The van der Waals surface area contributed by atoms with Crippen LogP contribution < -0.4 is 14.5 Å². The molecule has 0 bridgehead atoms. The number of hydrogen-bond acceptors (Lipinski definition) is 4. The molecule has 5 nitrogen and oxygen atoms in total. The first-order valence-electron chi connectivity index (χ1n) is 9.78. The second-order valence-corrected chi connectivity index (χ2v) is 6.99. The normalized spacial score (nSPS) is 14.7. The predicted octanol–water partition coefficient (Wildman–Crippen LogP) is 5.22. The maximum atomic E-state index is 13.8. The highest BCUT2D eigenvalue weighted by atomic mass is 19.1. The van der Waals surface area contributed by atoms with Gasteiger partial charge in [0.25, 0.3) is 5.91 Å². The van der Waals surface area contributed by atoms with Crippen LogP contribution >= 0.6 is 0 Å². The van der Waals surface area contributed by atoms with E-state index in [1.165, 1.54) is 18.2 Å². The number of hydrogen-bond donors (Lipinski definition) is 0. The number of hydrazone groups is 1. The second-order valence-electron chi connectivity index (χ2n) is 6.99. The molecule has 0 saturated carbocycles. The predicted molar refractivity (Wildman–Crippen MR) is 119 cm³/mol. The summed E-state index contributed by atoms with van der Waals surface area (Å²) in [4.78, 5) is 12.9. The van der Waals surface area contributed by atoms with E-state index < -0.39 is 0 Å². The summed E-state index contributed by atoms with van der Waals surface area (Å²) in [7, 11) is 1.53. The Hall–Kier alpha value is -3.93. The molecule has 0 fully saturated rings. The van der Waals surface area contributed by atoms with Crippen molar-refractivity contribution in [2.45, 2.75) is 13.5 Å². The lowest BCUT2D eigenvalue weighted by atomic mass is 10.1. The van der Waals surface area contributed by atoms with Crippen molar-refractivity contribution in [3.05, 3.63) is 95.3 Å². The minimum absolute atomic E-state index is 0.0831. The summed E-state index contributed by atoms with van der Waals surface area (Å²) in [6.07, 6.45) is 1.77. The van der Waals surface area contributed by atoms with Gasteiger partial charge in [-0.05, 0) is 48.9 Å². The van der Waals surface area contributed by atoms with Crippen molar-refractivity contribution in [2.24, 2.45) is 5.10 Å². The monoisotopic (exact) mass is 416 g/mol. The molecule has 1 amide bonds. The Morgan fingerprint density at radius 2 is 1.74 bits per heavy atom. The van der Waals surface area contributed by atoms with Gasteiger partial charge < -0.3 is 9.47 Å². The molecule has 1 aliphatic rings. The van der Waals surface area contributed by atoms with Crippen LogP contribution in [0.3, 0.4) is 0 Å². The maximum absolute atomic E-state index is 13.8. The van der Waals surface area contributed by atoms with Gasteiger partial charge in [0, 0.05) is 5.56 Å². The summed E-state index contributed by atoms with van der Waals surface area (Å²) in [5, 5.41) is 5.78. The highest BCUT2D eigenvalue weighted by Crippen LogP contribution is 2.31. The van der Waals surface area contributed by atoms with Crippen LogP contribution in [0, 0.1) is 5.82 Å². The first-order chi connectivity index (χ1) is 15.1. The fourth-order valence-electron chi connectivity index (χ4n) is 3.26. The SMILES string of the molecule is COc1cc(C=C2C(=O)N(c3ccccc3)N=C2C)ccc1OCc1ccccc1F. The number of ether oxygens (including phenoxy) is 2. The number of nitrogens with zero attached hydrogens (tertiary/aromatic N) is 2. The van der Waals surface area contributed by atoms with Gasteiger partial charge in [-0.15, -0.1) is 0 Å². The Kier molecular flexibility index (Phi) is 5.80. The molecule has 156 valence electrons. The van der Waals surface area contributed by atoms with E-state index in [4.69, 9.17) is 9.47 Å². The molecule has 0 aromatic heterocycles. The quantitative estimate of drug-likeness (QED) is 0.518. The third-order valence-corrected chi connectivity index (χ3v) is 4.90. The number of rotatable bonds is 6. The van der Waals surface area contributed by atoms with E-state index in [1.807, 2.05) is 36.4 Å². The van der Waals surface area contributed by atoms with Crippen LogP contribution in [0.25, 0.3) is 6.08 Å². The van der Waals surface area contributed by atoms with E-state index in [0.717, 1.165) is 5.56 Å². The lowest BCUT2D eigenvalue weighted by Gasteiger charge is -2.12. The minimum Gasteiger partial charge on any atom is -0.493 e. The van der Waals surface area contributed by atoms with Gasteiger partial charge >= 0.3 is 0 Å². The Morgan fingerprint density at radius 3 is 2.48 bits per heavy atom. The van der Waals surface area contributed by atoms with E-state index in [1.54, 1.807) is 43.3 Å². The Morgan fingerprint density at radius 1 is 1.00 bits per heavy atom. The fraction of sp³-hybridized carbons (Fsp3) is 0.120. The van der Waals surface area contributed by atoms with Crippen molar-refractivity contribution in [3.8, 4) is 11.5 Å². The smallest absolute Gasteiger partial charge is 0.280 e. The molecule has 0 atom stereocenters. The average molecular weight is 416 g/mol. The van der Waals surface area contributed by atoms with Crippen molar-refractivity contribution in [3.63, 3.8) is 0 Å². The zero-order chi connectivity index (χ0) is 21.8. The highest BCUT2D eigenvalue weighted by Gasteiger charge is 2.28. The molecular weight excluding hydrogens is 395 g/mol. The molecule has 3 aromatic carbocycles. The summed E-state index contributed by atoms with van der Waals surface area (Å²) in [5.74, 6) is 0.468. The number of amides is 1. The fourth-order valence-corrected chi connectivity index (χ4v) is 3.26. The van der Waals surface area contributed by atoms with Crippen molar-refractivity contribution >= 4 is 23.4 Å². The van der Waals surface area contributed by atoms with E-state index >= 15 is 0 Å². The number of carbonyl (C=O) groups is 1. The zero-order valence-electron chi connectivity index (χ0n) is 17.2. The van der Waals surface area contributed by atoms with Crippen LogP contribution in [0.15, 0.2) is 83.5 Å². The van der Waals surface area contributed by atoms with E-state index in [2.05, 4.69) is 5.10 Å². The average Bonchev–Trinajstić information content (AvgIpc) is 3.08. The lowest BCUT2D eigenvalue weighted by molar-refractivity contribution is -0.114. The molecular formula is C25H21FN2O3. The van der Waals surface area contributed by atoms with Gasteiger partial charge in [0.15, 0.2) is 11.5 Å². The van der Waals surface area contributed by atoms with Crippen molar-refractivity contribution in [2.75, 3.05) is 12.1 Å². The molecule has 0 saturated heterocycles. The molecule has 1 heterocycles. The van der Waals surface area contributed by atoms with Crippen LogP contribution in [0.1, 0.15) is 18.1 Å². The van der Waals surface area contributed by atoms with Gasteiger partial charge in [0.1, 0.15) is 12.4 Å². The number of anilines is 1. The minimum atomic E-state index is -0.319. The second kappa shape index (κ2) is 8.83. The first kappa shape index (κ1) is 20.3. The van der Waals surface area contributed by atoms with Crippen molar-refractivity contribution in [1.29, 1.82) is 0 Å². The summed E-state index contributed by atoms with van der Waals surface area (Å²) < 4.78 is 25.0.